The fraction of sp³-hybridized carbons (Fsp3) is 0.133. The van der Waals surface area contributed by atoms with Gasteiger partial charge < -0.3 is 5.32 Å². The Bertz CT molecular complexity index is 1200. The molecule has 0 aliphatic rings. The number of fused-ring (bicyclic) bond motifs is 2. The minimum Gasteiger partial charge on any atom is -0.365 e. The molecule has 0 aliphatic carbocycles. The molecule has 2 N–H and O–H groups in total. The topological polar surface area (TPSA) is 101 Å². The summed E-state index contributed by atoms with van der Waals surface area (Å²) in [6.07, 6.45) is 1.48. The van der Waals surface area contributed by atoms with Gasteiger partial charge in [0, 0.05) is 18.0 Å². The van der Waals surface area contributed by atoms with E-state index in [1.165, 1.54) is 24.5 Å². The molecule has 0 atom stereocenters. The number of hydrogen-bond donors (Lipinski definition) is 3. The Hall–Kier alpha value is -2.59. The van der Waals surface area contributed by atoms with Crippen molar-refractivity contribution < 1.29 is 12.8 Å². The van der Waals surface area contributed by atoms with E-state index in [2.05, 4.69) is 25.5 Å². The van der Waals surface area contributed by atoms with Crippen LogP contribution in [0.5, 0.6) is 0 Å². The maximum absolute atomic E-state index is 14.7. The molecule has 0 saturated heterocycles. The number of H-pyrrole nitrogens is 1. The Labute approximate surface area is 146 Å². The van der Waals surface area contributed by atoms with Crippen LogP contribution in [0.2, 0.25) is 0 Å². The second kappa shape index (κ2) is 5.74. The van der Waals surface area contributed by atoms with Crippen LogP contribution in [0.25, 0.3) is 32.5 Å². The van der Waals surface area contributed by atoms with Crippen LogP contribution >= 0.6 is 11.3 Å². The number of hydrogen-bond acceptors (Lipinski definition) is 7. The van der Waals surface area contributed by atoms with Crippen molar-refractivity contribution in [3.05, 3.63) is 29.7 Å². The Morgan fingerprint density at radius 3 is 2.80 bits per heavy atom. The van der Waals surface area contributed by atoms with Gasteiger partial charge in [0.1, 0.15) is 21.1 Å². The zero-order chi connectivity index (χ0) is 17.7. The smallest absolute Gasteiger partial charge is 0.185 e. The fourth-order valence-corrected chi connectivity index (χ4v) is 4.29. The highest BCUT2D eigenvalue weighted by molar-refractivity contribution is 7.72. The average molecular weight is 377 g/mol. The van der Waals surface area contributed by atoms with E-state index >= 15 is 0 Å². The first kappa shape index (κ1) is 15.9. The lowest BCUT2D eigenvalue weighted by Crippen LogP contribution is -1.98. The summed E-state index contributed by atoms with van der Waals surface area (Å²) in [5, 5.41) is 10.7. The van der Waals surface area contributed by atoms with Gasteiger partial charge in [0.05, 0.1) is 17.4 Å². The fourth-order valence-electron chi connectivity index (χ4n) is 2.82. The molecule has 0 amide bonds. The molecule has 25 heavy (non-hydrogen) atoms. The van der Waals surface area contributed by atoms with E-state index in [1.807, 2.05) is 0 Å². The first-order valence-corrected chi connectivity index (χ1v) is 9.26. The number of nitrogens with zero attached hydrogens (tertiary/aromatic N) is 3. The molecule has 1 aromatic carbocycles. The number of anilines is 1. The maximum Gasteiger partial charge on any atom is 0.185 e. The predicted octanol–water partition coefficient (Wildman–Crippen LogP) is 2.69. The molecule has 0 radical (unpaired) electrons. The summed E-state index contributed by atoms with van der Waals surface area (Å²) in [6, 6.07) is 3.55. The van der Waals surface area contributed by atoms with E-state index in [0.717, 1.165) is 10.6 Å². The summed E-state index contributed by atoms with van der Waals surface area (Å²) in [7, 11) is -1.32. The molecule has 3 aromatic heterocycles. The summed E-state index contributed by atoms with van der Waals surface area (Å²) in [5.41, 5.74) is 2.15. The van der Waals surface area contributed by atoms with Crippen molar-refractivity contribution in [1.82, 2.24) is 20.2 Å². The number of aromatic nitrogens is 4. The first-order valence-electron chi connectivity index (χ1n) is 7.26. The number of nitrogens with one attached hydrogen (secondary N) is 2. The monoisotopic (exact) mass is 377 g/mol. The molecule has 0 spiro atoms. The quantitative estimate of drug-likeness (QED) is 0.475. The van der Waals surface area contributed by atoms with Crippen LogP contribution in [-0.4, -0.2) is 35.6 Å². The molecular weight excluding hydrogens is 365 g/mol. The Morgan fingerprint density at radius 1 is 1.28 bits per heavy atom. The molecule has 3 heterocycles. The summed E-state index contributed by atoms with van der Waals surface area (Å²) >= 11 is 1.38. The van der Waals surface area contributed by atoms with Gasteiger partial charge in [-0.2, -0.15) is 5.10 Å². The molecule has 4 aromatic rings. The van der Waals surface area contributed by atoms with E-state index in [0.29, 0.717) is 21.5 Å². The van der Waals surface area contributed by atoms with Crippen molar-refractivity contribution in [2.75, 3.05) is 12.4 Å². The van der Waals surface area contributed by atoms with Crippen LogP contribution in [0.15, 0.2) is 23.2 Å². The van der Waals surface area contributed by atoms with Gasteiger partial charge >= 0.3 is 0 Å². The van der Waals surface area contributed by atoms with Gasteiger partial charge in [-0.25, -0.2) is 22.8 Å². The van der Waals surface area contributed by atoms with Gasteiger partial charge in [-0.05, 0) is 24.6 Å². The van der Waals surface area contributed by atoms with Gasteiger partial charge in [-0.15, -0.1) is 0 Å². The molecule has 0 bridgehead atoms. The van der Waals surface area contributed by atoms with Crippen LogP contribution in [0.3, 0.4) is 0 Å². The van der Waals surface area contributed by atoms with Crippen molar-refractivity contribution in [2.45, 2.75) is 11.8 Å². The molecule has 10 heteroatoms. The summed E-state index contributed by atoms with van der Waals surface area (Å²) < 4.78 is 37.6. The Morgan fingerprint density at radius 2 is 2.08 bits per heavy atom. The number of aromatic amines is 1. The molecular formula is C15H12FN5O2S2. The molecule has 0 unspecified atom stereocenters. The molecule has 128 valence electrons. The maximum atomic E-state index is 14.7. The highest BCUT2D eigenvalue weighted by Crippen LogP contribution is 2.36. The number of rotatable bonds is 3. The van der Waals surface area contributed by atoms with E-state index in [9.17, 15) is 12.8 Å². The Balaban J connectivity index is 2.06. The van der Waals surface area contributed by atoms with Crippen LogP contribution in [-0.2, 0) is 10.7 Å². The number of halogens is 1. The first-order chi connectivity index (χ1) is 12.0. The predicted molar refractivity (Wildman–Crippen MR) is 95.3 cm³/mol. The van der Waals surface area contributed by atoms with Gasteiger partial charge in [-0.1, -0.05) is 11.3 Å². The third-order valence-electron chi connectivity index (χ3n) is 3.97. The van der Waals surface area contributed by atoms with E-state index in [4.69, 9.17) is 0 Å². The van der Waals surface area contributed by atoms with E-state index < -0.39 is 16.5 Å². The SMILES string of the molecule is CNc1nc2ccc(-c3c(C)c(F)c([SH](=O)=O)c4[nH]ncc34)nc2s1. The number of benzene rings is 1. The van der Waals surface area contributed by atoms with Gasteiger partial charge in [0.15, 0.2) is 15.8 Å². The lowest BCUT2D eigenvalue weighted by molar-refractivity contribution is 0.576. The van der Waals surface area contributed by atoms with Crippen molar-refractivity contribution in [3.8, 4) is 11.3 Å². The van der Waals surface area contributed by atoms with E-state index in [1.54, 1.807) is 19.2 Å². The Kier molecular flexibility index (Phi) is 3.65. The van der Waals surface area contributed by atoms with Crippen LogP contribution in [0.4, 0.5) is 9.52 Å². The summed E-state index contributed by atoms with van der Waals surface area (Å²) in [5.74, 6) is -0.787. The number of thiazole rings is 1. The van der Waals surface area contributed by atoms with Crippen molar-refractivity contribution in [1.29, 1.82) is 0 Å². The van der Waals surface area contributed by atoms with Crippen molar-refractivity contribution in [2.24, 2.45) is 0 Å². The van der Waals surface area contributed by atoms with Gasteiger partial charge in [0.2, 0.25) is 0 Å². The normalized spacial score (nSPS) is 11.7. The lowest BCUT2D eigenvalue weighted by atomic mass is 10.00. The second-order valence-electron chi connectivity index (χ2n) is 5.37. The lowest BCUT2D eigenvalue weighted by Gasteiger charge is -2.10. The standard InChI is InChI=1S/C15H12FN5O2S2/c1-6-10(7-5-18-21-12(7)13(11(6)16)25(22)23)8-3-4-9-14(19-8)24-15(17-2)20-9/h3-5,25H,1-2H3,(H,17,20)(H,18,21). The number of thiol groups is 1. The zero-order valence-electron chi connectivity index (χ0n) is 13.1. The zero-order valence-corrected chi connectivity index (χ0v) is 14.8. The highest BCUT2D eigenvalue weighted by Gasteiger charge is 2.22. The molecule has 4 rings (SSSR count). The third-order valence-corrected chi connectivity index (χ3v) is 5.73. The van der Waals surface area contributed by atoms with Crippen molar-refractivity contribution in [3.63, 3.8) is 0 Å². The second-order valence-corrected chi connectivity index (χ2v) is 7.31. The van der Waals surface area contributed by atoms with Crippen LogP contribution in [0, 0.1) is 12.7 Å². The molecule has 0 fully saturated rings. The van der Waals surface area contributed by atoms with Gasteiger partial charge in [-0.3, -0.25) is 5.10 Å². The van der Waals surface area contributed by atoms with Crippen LogP contribution in [0.1, 0.15) is 5.56 Å². The summed E-state index contributed by atoms with van der Waals surface area (Å²) in [6.45, 7) is 1.54. The highest BCUT2D eigenvalue weighted by atomic mass is 32.2. The largest absolute Gasteiger partial charge is 0.365 e. The minimum absolute atomic E-state index is 0.149. The molecule has 0 saturated carbocycles. The van der Waals surface area contributed by atoms with Crippen molar-refractivity contribution >= 4 is 48.4 Å². The molecule has 0 aliphatic heterocycles. The minimum atomic E-state index is -3.10. The van der Waals surface area contributed by atoms with Gasteiger partial charge in [0.25, 0.3) is 0 Å². The summed E-state index contributed by atoms with van der Waals surface area (Å²) in [4.78, 5) is 9.28. The third kappa shape index (κ3) is 2.36. The average Bonchev–Trinajstić information content (AvgIpc) is 3.21. The van der Waals surface area contributed by atoms with Crippen LogP contribution < -0.4 is 5.32 Å². The van der Waals surface area contributed by atoms with E-state index in [-0.39, 0.29) is 16.0 Å². The molecule has 7 nitrogen and oxygen atoms in total. The number of pyridine rings is 1.